The highest BCUT2D eigenvalue weighted by Gasteiger charge is 2.18. The van der Waals surface area contributed by atoms with E-state index in [4.69, 9.17) is 22.1 Å². The third-order valence-electron chi connectivity index (χ3n) is 5.36. The molecule has 0 unspecified atom stereocenters. The molecule has 2 aromatic carbocycles. The number of rotatable bonds is 7. The molecule has 5 heteroatoms. The number of hydrogen-bond acceptors (Lipinski definition) is 3. The highest BCUT2D eigenvalue weighted by molar-refractivity contribution is 6.31. The number of aromatic amines is 1. The summed E-state index contributed by atoms with van der Waals surface area (Å²) in [7, 11) is 0. The molecule has 0 aliphatic rings. The molecule has 0 saturated heterocycles. The first-order valence-corrected chi connectivity index (χ1v) is 10.5. The van der Waals surface area contributed by atoms with E-state index in [1.54, 1.807) is 0 Å². The van der Waals surface area contributed by atoms with Crippen molar-refractivity contribution in [2.45, 2.75) is 33.1 Å². The van der Waals surface area contributed by atoms with E-state index in [1.807, 2.05) is 31.3 Å². The van der Waals surface area contributed by atoms with E-state index in [-0.39, 0.29) is 0 Å². The second-order valence-electron chi connectivity index (χ2n) is 7.31. The molecule has 0 amide bonds. The minimum absolute atomic E-state index is 0.611. The average molecular weight is 408 g/mol. The number of benzene rings is 2. The number of hydrogen-bond donors (Lipinski definition) is 2. The van der Waals surface area contributed by atoms with Gasteiger partial charge in [-0.1, -0.05) is 17.7 Å². The van der Waals surface area contributed by atoms with Crippen LogP contribution in [0.4, 0.5) is 0 Å². The van der Waals surface area contributed by atoms with Crippen LogP contribution in [0.15, 0.2) is 42.6 Å². The zero-order chi connectivity index (χ0) is 20.4. The summed E-state index contributed by atoms with van der Waals surface area (Å²) >= 11 is 6.40. The Morgan fingerprint density at radius 2 is 2.00 bits per heavy atom. The average Bonchev–Trinajstić information content (AvgIpc) is 3.07. The summed E-state index contributed by atoms with van der Waals surface area (Å²) in [5.41, 5.74) is 12.5. The largest absolute Gasteiger partial charge is 0.492 e. The lowest BCUT2D eigenvalue weighted by Gasteiger charge is -2.12. The zero-order valence-corrected chi connectivity index (χ0v) is 17.6. The molecule has 0 radical (unpaired) electrons. The van der Waals surface area contributed by atoms with Crippen LogP contribution in [0, 0.1) is 6.92 Å². The molecule has 4 nitrogen and oxygen atoms in total. The summed E-state index contributed by atoms with van der Waals surface area (Å²) < 4.78 is 5.81. The van der Waals surface area contributed by atoms with Gasteiger partial charge in [-0.15, -0.1) is 0 Å². The number of ether oxygens (including phenoxy) is 1. The molecule has 0 fully saturated rings. The van der Waals surface area contributed by atoms with Crippen LogP contribution in [0.25, 0.3) is 33.1 Å². The van der Waals surface area contributed by atoms with Crippen molar-refractivity contribution in [1.82, 2.24) is 9.97 Å². The first-order valence-electron chi connectivity index (χ1n) is 10.2. The van der Waals surface area contributed by atoms with Gasteiger partial charge in [0.15, 0.2) is 0 Å². The zero-order valence-electron chi connectivity index (χ0n) is 16.9. The highest BCUT2D eigenvalue weighted by Crippen LogP contribution is 2.39. The summed E-state index contributed by atoms with van der Waals surface area (Å²) in [5.74, 6) is 0.812. The second-order valence-corrected chi connectivity index (χ2v) is 7.75. The van der Waals surface area contributed by atoms with Crippen LogP contribution in [0.3, 0.4) is 0 Å². The summed E-state index contributed by atoms with van der Waals surface area (Å²) in [6.07, 6.45) is 4.79. The lowest BCUT2D eigenvalue weighted by atomic mass is 9.97. The maximum absolute atomic E-state index is 6.40. The van der Waals surface area contributed by atoms with Crippen LogP contribution < -0.4 is 10.5 Å². The number of H-pyrrole nitrogens is 1. The molecule has 3 N–H and O–H groups in total. The molecule has 4 aromatic rings. The van der Waals surface area contributed by atoms with Gasteiger partial charge >= 0.3 is 0 Å². The number of nitrogens with two attached hydrogens (primary N) is 1. The van der Waals surface area contributed by atoms with Gasteiger partial charge in [0, 0.05) is 33.1 Å². The fraction of sp³-hybridized carbons (Fsp3) is 0.292. The molecular weight excluding hydrogens is 382 g/mol. The Morgan fingerprint density at radius 3 is 2.79 bits per heavy atom. The van der Waals surface area contributed by atoms with Crippen LogP contribution in [0.5, 0.6) is 5.75 Å². The minimum Gasteiger partial charge on any atom is -0.492 e. The topological polar surface area (TPSA) is 63.9 Å². The molecule has 2 aromatic heterocycles. The molecule has 2 heterocycles. The number of nitrogens with one attached hydrogen (secondary N) is 1. The van der Waals surface area contributed by atoms with Gasteiger partial charge in [-0.3, -0.25) is 4.98 Å². The van der Waals surface area contributed by atoms with Crippen LogP contribution in [-0.4, -0.2) is 23.1 Å². The van der Waals surface area contributed by atoms with Crippen molar-refractivity contribution in [3.8, 4) is 17.0 Å². The van der Waals surface area contributed by atoms with Gasteiger partial charge in [0.05, 0.1) is 12.3 Å². The Morgan fingerprint density at radius 1 is 1.14 bits per heavy atom. The Bertz CT molecular complexity index is 1170. The first kappa shape index (κ1) is 19.7. The van der Waals surface area contributed by atoms with E-state index in [2.05, 4.69) is 35.1 Å². The monoisotopic (exact) mass is 407 g/mol. The van der Waals surface area contributed by atoms with Crippen LogP contribution in [-0.2, 0) is 6.42 Å². The van der Waals surface area contributed by atoms with Gasteiger partial charge in [-0.25, -0.2) is 0 Å². The summed E-state index contributed by atoms with van der Waals surface area (Å²) in [4.78, 5) is 8.29. The fourth-order valence-electron chi connectivity index (χ4n) is 4.05. The molecule has 0 atom stereocenters. The third-order valence-corrected chi connectivity index (χ3v) is 5.58. The third kappa shape index (κ3) is 3.70. The molecule has 0 aliphatic carbocycles. The predicted molar refractivity (Wildman–Crippen MR) is 122 cm³/mol. The Balaban J connectivity index is 1.97. The van der Waals surface area contributed by atoms with Crippen molar-refractivity contribution in [1.29, 1.82) is 0 Å². The fourth-order valence-corrected chi connectivity index (χ4v) is 4.33. The van der Waals surface area contributed by atoms with Gasteiger partial charge in [-0.05, 0) is 81.1 Å². The number of aryl methyl sites for hydroxylation is 2. The minimum atomic E-state index is 0.611. The standard InChI is InChI=1S/C24H26ClN3O/c1-3-29-21-10-9-19(17-8-6-12-27-24(17)21)23-18(7-4-5-11-26)20-14-16(25)13-15(2)22(20)28-23/h6,8-10,12-14,28H,3-5,7,11,26H2,1-2H3. The van der Waals surface area contributed by atoms with Gasteiger partial charge in [0.25, 0.3) is 0 Å². The lowest BCUT2D eigenvalue weighted by Crippen LogP contribution is -1.99. The summed E-state index contributed by atoms with van der Waals surface area (Å²) in [6, 6.07) is 12.3. The Kier molecular flexibility index (Phi) is 5.74. The quantitative estimate of drug-likeness (QED) is 0.368. The molecule has 150 valence electrons. The van der Waals surface area contributed by atoms with Crippen molar-refractivity contribution in [3.63, 3.8) is 0 Å². The number of nitrogens with zero attached hydrogens (tertiary/aromatic N) is 1. The number of fused-ring (bicyclic) bond motifs is 2. The van der Waals surface area contributed by atoms with Crippen LogP contribution >= 0.6 is 11.6 Å². The number of unbranched alkanes of at least 4 members (excludes halogenated alkanes) is 1. The SMILES string of the molecule is CCOc1ccc(-c2[nH]c3c(C)cc(Cl)cc3c2CCCCN)c2cccnc12. The molecule has 0 aliphatic heterocycles. The van der Waals surface area contributed by atoms with E-state index >= 15 is 0 Å². The Labute approximate surface area is 176 Å². The van der Waals surface area contributed by atoms with E-state index in [9.17, 15) is 0 Å². The van der Waals surface area contributed by atoms with Crippen molar-refractivity contribution in [2.75, 3.05) is 13.2 Å². The van der Waals surface area contributed by atoms with Crippen LogP contribution in [0.2, 0.25) is 5.02 Å². The molecule has 0 spiro atoms. The van der Waals surface area contributed by atoms with E-state index in [0.717, 1.165) is 63.3 Å². The smallest absolute Gasteiger partial charge is 0.145 e. The van der Waals surface area contributed by atoms with Gasteiger partial charge in [-0.2, -0.15) is 0 Å². The van der Waals surface area contributed by atoms with Crippen molar-refractivity contribution < 1.29 is 4.74 Å². The number of halogens is 1. The molecular formula is C24H26ClN3O. The van der Waals surface area contributed by atoms with Crippen molar-refractivity contribution in [3.05, 3.63) is 58.7 Å². The van der Waals surface area contributed by atoms with Gasteiger partial charge in [0.1, 0.15) is 11.3 Å². The van der Waals surface area contributed by atoms with Crippen molar-refractivity contribution >= 4 is 33.4 Å². The second kappa shape index (κ2) is 8.44. The van der Waals surface area contributed by atoms with E-state index in [0.29, 0.717) is 13.2 Å². The number of pyridine rings is 1. The molecule has 29 heavy (non-hydrogen) atoms. The lowest BCUT2D eigenvalue weighted by molar-refractivity contribution is 0.343. The van der Waals surface area contributed by atoms with Gasteiger partial charge in [0.2, 0.25) is 0 Å². The predicted octanol–water partition coefficient (Wildman–Crippen LogP) is 6.03. The molecule has 0 bridgehead atoms. The maximum atomic E-state index is 6.40. The van der Waals surface area contributed by atoms with Gasteiger partial charge < -0.3 is 15.5 Å². The molecule has 0 saturated carbocycles. The summed E-state index contributed by atoms with van der Waals surface area (Å²) in [5, 5.41) is 3.03. The first-order chi connectivity index (χ1) is 14.1. The van der Waals surface area contributed by atoms with E-state index in [1.165, 1.54) is 10.9 Å². The molecule has 4 rings (SSSR count). The highest BCUT2D eigenvalue weighted by atomic mass is 35.5. The normalized spacial score (nSPS) is 11.4. The summed E-state index contributed by atoms with van der Waals surface area (Å²) in [6.45, 7) is 5.39. The Hall–Kier alpha value is -2.56. The van der Waals surface area contributed by atoms with E-state index < -0.39 is 0 Å². The number of aromatic nitrogens is 2. The van der Waals surface area contributed by atoms with Crippen LogP contribution in [0.1, 0.15) is 30.9 Å². The van der Waals surface area contributed by atoms with Crippen molar-refractivity contribution in [2.24, 2.45) is 5.73 Å². The maximum Gasteiger partial charge on any atom is 0.145 e.